The summed E-state index contributed by atoms with van der Waals surface area (Å²) >= 11 is 0. The van der Waals surface area contributed by atoms with Crippen LogP contribution in [0.15, 0.2) is 29.2 Å². The van der Waals surface area contributed by atoms with Gasteiger partial charge in [-0.3, -0.25) is 4.55 Å². The van der Waals surface area contributed by atoms with Crippen molar-refractivity contribution in [2.45, 2.75) is 30.7 Å². The van der Waals surface area contributed by atoms with Crippen molar-refractivity contribution in [1.82, 2.24) is 10.6 Å². The molecule has 1 aromatic rings. The Labute approximate surface area is 120 Å². The van der Waals surface area contributed by atoms with Gasteiger partial charge in [-0.05, 0) is 50.9 Å². The van der Waals surface area contributed by atoms with E-state index in [1.54, 1.807) is 12.1 Å². The van der Waals surface area contributed by atoms with E-state index in [-0.39, 0.29) is 4.90 Å². The Balaban J connectivity index is 0.000000149. The van der Waals surface area contributed by atoms with Crippen molar-refractivity contribution in [1.29, 1.82) is 0 Å². The van der Waals surface area contributed by atoms with Crippen LogP contribution < -0.4 is 10.6 Å². The smallest absolute Gasteiger partial charge is 0.294 e. The van der Waals surface area contributed by atoms with Crippen LogP contribution in [0.2, 0.25) is 0 Å². The van der Waals surface area contributed by atoms with Gasteiger partial charge in [-0.15, -0.1) is 0 Å². The number of hydrogen-bond donors (Lipinski definition) is 3. The van der Waals surface area contributed by atoms with Crippen LogP contribution in [0.1, 0.15) is 18.4 Å². The molecule has 0 aromatic heterocycles. The molecule has 2 atom stereocenters. The Kier molecular flexibility index (Phi) is 5.15. The molecular formula is C14H22N2O3S. The zero-order chi connectivity index (χ0) is 14.6. The Morgan fingerprint density at radius 3 is 2.50 bits per heavy atom. The Bertz CT molecular complexity index is 516. The molecule has 5 nitrogen and oxygen atoms in total. The highest BCUT2D eigenvalue weighted by atomic mass is 32.2. The van der Waals surface area contributed by atoms with Gasteiger partial charge in [-0.2, -0.15) is 8.42 Å². The van der Waals surface area contributed by atoms with Gasteiger partial charge in [0.15, 0.2) is 0 Å². The zero-order valence-corrected chi connectivity index (χ0v) is 12.5. The summed E-state index contributed by atoms with van der Waals surface area (Å²) in [5, 5.41) is 6.92. The van der Waals surface area contributed by atoms with E-state index in [4.69, 9.17) is 4.55 Å². The lowest BCUT2D eigenvalue weighted by Gasteiger charge is -2.24. The first-order chi connectivity index (χ1) is 9.47. The van der Waals surface area contributed by atoms with E-state index >= 15 is 0 Å². The molecule has 2 heterocycles. The third-order valence-electron chi connectivity index (χ3n) is 3.82. The van der Waals surface area contributed by atoms with Crippen LogP contribution in [0.25, 0.3) is 0 Å². The number of nitrogens with one attached hydrogen (secondary N) is 2. The summed E-state index contributed by atoms with van der Waals surface area (Å²) in [7, 11) is -4.02. The Morgan fingerprint density at radius 1 is 1.20 bits per heavy atom. The van der Waals surface area contributed by atoms with Crippen molar-refractivity contribution >= 4 is 10.1 Å². The summed E-state index contributed by atoms with van der Waals surface area (Å²) < 4.78 is 29.6. The highest BCUT2D eigenvalue weighted by Crippen LogP contribution is 2.18. The van der Waals surface area contributed by atoms with E-state index in [9.17, 15) is 8.42 Å². The van der Waals surface area contributed by atoms with Crippen LogP contribution in [0, 0.1) is 12.8 Å². The molecule has 2 aliphatic heterocycles. The number of rotatable bonds is 1. The molecule has 2 unspecified atom stereocenters. The second kappa shape index (κ2) is 6.67. The SMILES string of the molecule is C1CNC2CNCC2C1.Cc1ccc(S(=O)(=O)O)cc1. The lowest BCUT2D eigenvalue weighted by molar-refractivity contribution is 0.339. The molecule has 0 saturated carbocycles. The van der Waals surface area contributed by atoms with Gasteiger partial charge in [0.25, 0.3) is 10.1 Å². The predicted molar refractivity (Wildman–Crippen MR) is 78.4 cm³/mol. The standard InChI is InChI=1S/C7H14N2.C7H8O3S/c1-2-6-4-8-5-7(6)9-3-1;1-6-2-4-7(5-3-6)11(8,9)10/h6-9H,1-5H2;2-5H,1H3,(H,8,9,10). The second-order valence-electron chi connectivity index (χ2n) is 5.41. The molecular weight excluding hydrogens is 276 g/mol. The molecule has 0 aliphatic carbocycles. The van der Waals surface area contributed by atoms with Gasteiger partial charge >= 0.3 is 0 Å². The van der Waals surface area contributed by atoms with Crippen LogP contribution >= 0.6 is 0 Å². The fraction of sp³-hybridized carbons (Fsp3) is 0.571. The van der Waals surface area contributed by atoms with E-state index in [1.807, 2.05) is 6.92 Å². The van der Waals surface area contributed by atoms with Crippen molar-refractivity contribution in [2.24, 2.45) is 5.92 Å². The topological polar surface area (TPSA) is 78.4 Å². The quantitative estimate of drug-likeness (QED) is 0.679. The van der Waals surface area contributed by atoms with Crippen molar-refractivity contribution < 1.29 is 13.0 Å². The molecule has 1 aromatic carbocycles. The Hall–Kier alpha value is -0.950. The first-order valence-corrected chi connectivity index (χ1v) is 8.39. The van der Waals surface area contributed by atoms with E-state index in [0.29, 0.717) is 0 Å². The summed E-state index contributed by atoms with van der Waals surface area (Å²) in [5.41, 5.74) is 0.956. The van der Waals surface area contributed by atoms with Crippen LogP contribution in [-0.2, 0) is 10.1 Å². The van der Waals surface area contributed by atoms with Crippen molar-refractivity contribution in [2.75, 3.05) is 19.6 Å². The summed E-state index contributed by atoms with van der Waals surface area (Å²) in [6.07, 6.45) is 2.81. The summed E-state index contributed by atoms with van der Waals surface area (Å²) in [5.74, 6) is 0.943. The second-order valence-corrected chi connectivity index (χ2v) is 6.83. The average molecular weight is 298 g/mol. The zero-order valence-electron chi connectivity index (χ0n) is 11.7. The molecule has 6 heteroatoms. The van der Waals surface area contributed by atoms with Gasteiger partial charge in [-0.1, -0.05) is 17.7 Å². The fourth-order valence-electron chi connectivity index (χ4n) is 2.64. The molecule has 3 N–H and O–H groups in total. The summed E-state index contributed by atoms with van der Waals surface area (Å²) in [6, 6.07) is 6.79. The molecule has 20 heavy (non-hydrogen) atoms. The van der Waals surface area contributed by atoms with Crippen LogP contribution in [-0.4, -0.2) is 38.6 Å². The van der Waals surface area contributed by atoms with Gasteiger partial charge in [0, 0.05) is 12.6 Å². The fourth-order valence-corrected chi connectivity index (χ4v) is 3.12. The van der Waals surface area contributed by atoms with Gasteiger partial charge in [-0.25, -0.2) is 0 Å². The number of fused-ring (bicyclic) bond motifs is 1. The monoisotopic (exact) mass is 298 g/mol. The van der Waals surface area contributed by atoms with Gasteiger partial charge in [0.05, 0.1) is 4.90 Å². The van der Waals surface area contributed by atoms with Gasteiger partial charge < -0.3 is 10.6 Å². The number of hydrogen-bond acceptors (Lipinski definition) is 4. The van der Waals surface area contributed by atoms with Crippen molar-refractivity contribution in [3.05, 3.63) is 29.8 Å². The number of piperidine rings is 1. The van der Waals surface area contributed by atoms with Crippen molar-refractivity contribution in [3.63, 3.8) is 0 Å². The van der Waals surface area contributed by atoms with Gasteiger partial charge in [0.1, 0.15) is 0 Å². The maximum Gasteiger partial charge on any atom is 0.294 e. The minimum absolute atomic E-state index is 0.0666. The minimum atomic E-state index is -4.02. The average Bonchev–Trinajstić information content (AvgIpc) is 2.87. The third-order valence-corrected chi connectivity index (χ3v) is 4.68. The number of benzene rings is 1. The molecule has 0 spiro atoms. The summed E-state index contributed by atoms with van der Waals surface area (Å²) in [4.78, 5) is -0.0666. The lowest BCUT2D eigenvalue weighted by atomic mass is 9.94. The van der Waals surface area contributed by atoms with Gasteiger partial charge in [0.2, 0.25) is 0 Å². The normalized spacial score (nSPS) is 25.5. The van der Waals surface area contributed by atoms with E-state index in [1.165, 1.54) is 44.6 Å². The molecule has 0 bridgehead atoms. The van der Waals surface area contributed by atoms with E-state index in [0.717, 1.165) is 17.5 Å². The maximum absolute atomic E-state index is 10.5. The lowest BCUT2D eigenvalue weighted by Crippen LogP contribution is -2.40. The van der Waals surface area contributed by atoms with Crippen LogP contribution in [0.4, 0.5) is 0 Å². The first-order valence-electron chi connectivity index (χ1n) is 6.95. The first kappa shape index (κ1) is 15.4. The van der Waals surface area contributed by atoms with E-state index < -0.39 is 10.1 Å². The maximum atomic E-state index is 10.5. The highest BCUT2D eigenvalue weighted by molar-refractivity contribution is 7.85. The molecule has 3 rings (SSSR count). The molecule has 2 fully saturated rings. The minimum Gasteiger partial charge on any atom is -0.315 e. The van der Waals surface area contributed by atoms with Crippen LogP contribution in [0.3, 0.4) is 0 Å². The molecule has 0 amide bonds. The molecule has 2 aliphatic rings. The van der Waals surface area contributed by atoms with Crippen LogP contribution in [0.5, 0.6) is 0 Å². The summed E-state index contributed by atoms with van der Waals surface area (Å²) in [6.45, 7) is 5.53. The molecule has 112 valence electrons. The predicted octanol–water partition coefficient (Wildman–Crippen LogP) is 1.20. The molecule has 0 radical (unpaired) electrons. The number of aryl methyl sites for hydroxylation is 1. The molecule has 2 saturated heterocycles. The largest absolute Gasteiger partial charge is 0.315 e. The van der Waals surface area contributed by atoms with E-state index in [2.05, 4.69) is 10.6 Å². The third kappa shape index (κ3) is 4.28. The van der Waals surface area contributed by atoms with Crippen molar-refractivity contribution in [3.8, 4) is 0 Å². The Morgan fingerprint density at radius 2 is 1.90 bits per heavy atom. The highest BCUT2D eigenvalue weighted by Gasteiger charge is 2.28.